The Morgan fingerprint density at radius 3 is 1.45 bits per heavy atom. The van der Waals surface area contributed by atoms with Crippen LogP contribution in [0.25, 0.3) is 0 Å². The van der Waals surface area contributed by atoms with Crippen LogP contribution in [-0.2, 0) is 0 Å². The molecule has 2 heteroatoms. The van der Waals surface area contributed by atoms with Crippen LogP contribution in [0.1, 0.15) is 111 Å². The van der Waals surface area contributed by atoms with Crippen LogP contribution in [0.5, 0.6) is 0 Å². The molecule has 2 nitrogen and oxygen atoms in total. The summed E-state index contributed by atoms with van der Waals surface area (Å²) in [7, 11) is 0. The Balaban J connectivity index is 3.26. The maximum atomic E-state index is 9.93. The lowest BCUT2D eigenvalue weighted by Gasteiger charge is -2.22. The van der Waals surface area contributed by atoms with E-state index in [2.05, 4.69) is 13.8 Å². The van der Waals surface area contributed by atoms with E-state index in [1.54, 1.807) is 0 Å². The lowest BCUT2D eigenvalue weighted by atomic mass is 9.94. The Hall–Kier alpha value is -0.0800. The zero-order valence-corrected chi connectivity index (χ0v) is 15.5. The van der Waals surface area contributed by atoms with E-state index < -0.39 is 12.2 Å². The third-order valence-corrected chi connectivity index (χ3v) is 4.97. The van der Waals surface area contributed by atoms with E-state index in [9.17, 15) is 10.2 Å². The van der Waals surface area contributed by atoms with Crippen LogP contribution in [0.3, 0.4) is 0 Å². The van der Waals surface area contributed by atoms with Crippen LogP contribution in [0, 0.1) is 5.92 Å². The first-order valence-electron chi connectivity index (χ1n) is 9.99. The van der Waals surface area contributed by atoms with Crippen LogP contribution in [0.15, 0.2) is 0 Å². The predicted molar refractivity (Wildman–Crippen MR) is 97.2 cm³/mol. The first-order chi connectivity index (χ1) is 10.6. The summed E-state index contributed by atoms with van der Waals surface area (Å²) in [5.74, 6) is 0.201. The highest BCUT2D eigenvalue weighted by Crippen LogP contribution is 2.17. The zero-order chi connectivity index (χ0) is 16.6. The van der Waals surface area contributed by atoms with Crippen molar-refractivity contribution in [2.45, 2.75) is 123 Å². The molecule has 0 aliphatic rings. The van der Waals surface area contributed by atoms with Crippen molar-refractivity contribution in [3.63, 3.8) is 0 Å². The van der Waals surface area contributed by atoms with Crippen molar-refractivity contribution >= 4 is 0 Å². The number of hydrogen-bond acceptors (Lipinski definition) is 2. The molecule has 134 valence electrons. The highest BCUT2D eigenvalue weighted by molar-refractivity contribution is 4.72. The lowest BCUT2D eigenvalue weighted by Crippen LogP contribution is -2.31. The molecular weight excluding hydrogens is 272 g/mol. The Kier molecular flexibility index (Phi) is 15.7. The molecule has 0 radical (unpaired) electrons. The summed E-state index contributed by atoms with van der Waals surface area (Å²) in [4.78, 5) is 0. The molecule has 0 aliphatic carbocycles. The highest BCUT2D eigenvalue weighted by atomic mass is 16.3. The maximum Gasteiger partial charge on any atom is 0.0824 e. The third-order valence-electron chi connectivity index (χ3n) is 4.97. The molecule has 0 heterocycles. The molecule has 0 aromatic heterocycles. The summed E-state index contributed by atoms with van der Waals surface area (Å²) >= 11 is 0. The Labute approximate surface area is 139 Å². The van der Waals surface area contributed by atoms with E-state index in [1.165, 1.54) is 70.6 Å². The quantitative estimate of drug-likeness (QED) is 0.351. The first kappa shape index (κ1) is 21.9. The molecule has 0 aromatic rings. The van der Waals surface area contributed by atoms with Crippen molar-refractivity contribution in [1.29, 1.82) is 0 Å². The molecule has 0 saturated carbocycles. The van der Waals surface area contributed by atoms with Crippen molar-refractivity contribution in [2.24, 2.45) is 5.92 Å². The third kappa shape index (κ3) is 12.5. The van der Waals surface area contributed by atoms with Crippen LogP contribution in [-0.4, -0.2) is 22.4 Å². The van der Waals surface area contributed by atoms with Gasteiger partial charge < -0.3 is 10.2 Å². The minimum Gasteiger partial charge on any atom is -0.390 e. The summed E-state index contributed by atoms with van der Waals surface area (Å²) < 4.78 is 0. The topological polar surface area (TPSA) is 40.5 Å². The van der Waals surface area contributed by atoms with Crippen molar-refractivity contribution in [3.8, 4) is 0 Å². The molecule has 22 heavy (non-hydrogen) atoms. The second kappa shape index (κ2) is 15.8. The second-order valence-electron chi connectivity index (χ2n) is 7.12. The van der Waals surface area contributed by atoms with Gasteiger partial charge in [0.25, 0.3) is 0 Å². The molecule has 0 bridgehead atoms. The Bertz CT molecular complexity index is 218. The molecule has 0 amide bonds. The molecule has 0 spiro atoms. The van der Waals surface area contributed by atoms with Gasteiger partial charge in [-0.05, 0) is 12.3 Å². The van der Waals surface area contributed by atoms with E-state index in [1.807, 2.05) is 6.92 Å². The Morgan fingerprint density at radius 1 is 0.636 bits per heavy atom. The largest absolute Gasteiger partial charge is 0.390 e. The molecule has 0 fully saturated rings. The number of hydrogen-bond donors (Lipinski definition) is 2. The van der Waals surface area contributed by atoms with E-state index in [-0.39, 0.29) is 5.92 Å². The normalized spacial score (nSPS) is 15.7. The molecular formula is C20H42O2. The van der Waals surface area contributed by atoms with Crippen molar-refractivity contribution < 1.29 is 10.2 Å². The van der Waals surface area contributed by atoms with Crippen molar-refractivity contribution in [2.75, 3.05) is 0 Å². The average molecular weight is 315 g/mol. The number of unbranched alkanes of at least 4 members (excludes halogenated alkanes) is 11. The molecule has 0 saturated heterocycles. The summed E-state index contributed by atoms with van der Waals surface area (Å²) in [5.41, 5.74) is 0. The van der Waals surface area contributed by atoms with Gasteiger partial charge >= 0.3 is 0 Å². The van der Waals surface area contributed by atoms with Gasteiger partial charge in [-0.25, -0.2) is 0 Å². The van der Waals surface area contributed by atoms with Crippen LogP contribution >= 0.6 is 0 Å². The smallest absolute Gasteiger partial charge is 0.0824 e. The lowest BCUT2D eigenvalue weighted by molar-refractivity contribution is -0.0185. The van der Waals surface area contributed by atoms with Gasteiger partial charge in [0.1, 0.15) is 0 Å². The summed E-state index contributed by atoms with van der Waals surface area (Å²) in [6.45, 7) is 6.34. The van der Waals surface area contributed by atoms with Gasteiger partial charge in [0, 0.05) is 0 Å². The van der Waals surface area contributed by atoms with E-state index in [0.717, 1.165) is 19.3 Å². The SMILES string of the molecule is CCCCCCCCCCCCCCC(O)C(O)C(C)CC. The number of rotatable bonds is 16. The Morgan fingerprint density at radius 2 is 1.05 bits per heavy atom. The predicted octanol–water partition coefficient (Wildman–Crippen LogP) is 5.85. The van der Waals surface area contributed by atoms with Crippen molar-refractivity contribution in [3.05, 3.63) is 0 Å². The van der Waals surface area contributed by atoms with E-state index in [0.29, 0.717) is 0 Å². The van der Waals surface area contributed by atoms with E-state index in [4.69, 9.17) is 0 Å². The zero-order valence-electron chi connectivity index (χ0n) is 15.5. The maximum absolute atomic E-state index is 9.93. The molecule has 3 atom stereocenters. The summed E-state index contributed by atoms with van der Waals surface area (Å²) in [5, 5.41) is 19.8. The molecule has 0 aliphatic heterocycles. The van der Waals surface area contributed by atoms with Crippen LogP contribution < -0.4 is 0 Å². The molecule has 0 rings (SSSR count). The van der Waals surface area contributed by atoms with Gasteiger partial charge in [-0.2, -0.15) is 0 Å². The van der Waals surface area contributed by atoms with Gasteiger partial charge in [0.15, 0.2) is 0 Å². The summed E-state index contributed by atoms with van der Waals surface area (Å²) in [6.07, 6.45) is 16.6. The monoisotopic (exact) mass is 314 g/mol. The fourth-order valence-electron chi connectivity index (χ4n) is 2.99. The van der Waals surface area contributed by atoms with E-state index >= 15 is 0 Å². The molecule has 0 aromatic carbocycles. The fourth-order valence-corrected chi connectivity index (χ4v) is 2.99. The average Bonchev–Trinajstić information content (AvgIpc) is 2.54. The van der Waals surface area contributed by atoms with Crippen LogP contribution in [0.4, 0.5) is 0 Å². The first-order valence-corrected chi connectivity index (χ1v) is 9.99. The fraction of sp³-hybridized carbons (Fsp3) is 1.00. The number of aliphatic hydroxyl groups excluding tert-OH is 2. The minimum absolute atomic E-state index is 0.201. The van der Waals surface area contributed by atoms with Crippen LogP contribution in [0.2, 0.25) is 0 Å². The molecule has 2 N–H and O–H groups in total. The van der Waals surface area contributed by atoms with Crippen molar-refractivity contribution in [1.82, 2.24) is 0 Å². The standard InChI is InChI=1S/C20H42O2/c1-4-6-7-8-9-10-11-12-13-14-15-16-17-19(21)20(22)18(3)5-2/h18-22H,4-17H2,1-3H3. The van der Waals surface area contributed by atoms with Gasteiger partial charge in [-0.3, -0.25) is 0 Å². The number of aliphatic hydroxyl groups is 2. The second-order valence-corrected chi connectivity index (χ2v) is 7.12. The van der Waals surface area contributed by atoms with Gasteiger partial charge in [-0.1, -0.05) is 104 Å². The highest BCUT2D eigenvalue weighted by Gasteiger charge is 2.20. The summed E-state index contributed by atoms with van der Waals surface area (Å²) in [6, 6.07) is 0. The van der Waals surface area contributed by atoms with Gasteiger partial charge in [-0.15, -0.1) is 0 Å². The minimum atomic E-state index is -0.544. The van der Waals surface area contributed by atoms with Gasteiger partial charge in [0.05, 0.1) is 12.2 Å². The molecule has 3 unspecified atom stereocenters. The van der Waals surface area contributed by atoms with Gasteiger partial charge in [0.2, 0.25) is 0 Å².